The van der Waals surface area contributed by atoms with Gasteiger partial charge in [-0.2, -0.15) is 0 Å². The number of aromatic nitrogens is 2. The molecule has 0 radical (unpaired) electrons. The molecule has 24 heavy (non-hydrogen) atoms. The van der Waals surface area contributed by atoms with E-state index in [0.29, 0.717) is 17.4 Å². The second kappa shape index (κ2) is 7.69. The van der Waals surface area contributed by atoms with Gasteiger partial charge in [0.2, 0.25) is 0 Å². The quantitative estimate of drug-likeness (QED) is 0.578. The van der Waals surface area contributed by atoms with E-state index in [2.05, 4.69) is 4.98 Å². The Morgan fingerprint density at radius 3 is 2.58 bits per heavy atom. The summed E-state index contributed by atoms with van der Waals surface area (Å²) in [5.74, 6) is -1.40. The number of benzene rings is 2. The first-order valence-corrected chi connectivity index (χ1v) is 9.58. The SMILES string of the molecule is Fc1cccc(C[Se]C(Cn2ccnc2)c2ccc(F)cc2F)c1. The Balaban J connectivity index is 1.81. The Labute approximate surface area is 144 Å². The molecule has 124 valence electrons. The molecule has 0 saturated heterocycles. The summed E-state index contributed by atoms with van der Waals surface area (Å²) >= 11 is -0.0310. The molecule has 3 rings (SSSR count). The zero-order valence-electron chi connectivity index (χ0n) is 12.7. The zero-order valence-corrected chi connectivity index (χ0v) is 14.4. The summed E-state index contributed by atoms with van der Waals surface area (Å²) in [6.07, 6.45) is 5.15. The van der Waals surface area contributed by atoms with Crippen LogP contribution in [0.4, 0.5) is 13.2 Å². The fourth-order valence-corrected chi connectivity index (χ4v) is 4.98. The van der Waals surface area contributed by atoms with Crippen LogP contribution in [0.2, 0.25) is 0 Å². The number of hydrogen-bond donors (Lipinski definition) is 0. The Hall–Kier alpha value is -2.04. The average molecular weight is 395 g/mol. The van der Waals surface area contributed by atoms with Crippen molar-refractivity contribution in [1.82, 2.24) is 9.55 Å². The summed E-state index contributed by atoms with van der Waals surface area (Å²) in [7, 11) is 0. The zero-order chi connectivity index (χ0) is 16.9. The molecule has 0 N–H and O–H groups in total. The first-order valence-electron chi connectivity index (χ1n) is 7.38. The van der Waals surface area contributed by atoms with Gasteiger partial charge in [-0.05, 0) is 0 Å². The van der Waals surface area contributed by atoms with Crippen LogP contribution in [0, 0.1) is 17.5 Å². The third-order valence-corrected chi connectivity index (χ3v) is 6.32. The fraction of sp³-hybridized carbons (Fsp3) is 0.167. The van der Waals surface area contributed by atoms with Crippen LogP contribution in [0.1, 0.15) is 15.9 Å². The van der Waals surface area contributed by atoms with Crippen molar-refractivity contribution < 1.29 is 13.2 Å². The molecule has 0 aliphatic carbocycles. The standard InChI is InChI=1S/C18H15F3N2Se/c19-14-3-1-2-13(8-14)11-24-18(10-23-7-6-22-12-23)16-5-4-15(20)9-17(16)21/h1-9,12,18H,10-11H2. The van der Waals surface area contributed by atoms with Gasteiger partial charge in [-0.1, -0.05) is 0 Å². The van der Waals surface area contributed by atoms with E-state index in [9.17, 15) is 13.2 Å². The van der Waals surface area contributed by atoms with Crippen LogP contribution in [0.15, 0.2) is 61.2 Å². The third kappa shape index (κ3) is 4.28. The van der Waals surface area contributed by atoms with Gasteiger partial charge < -0.3 is 0 Å². The molecule has 1 aromatic heterocycles. The molecule has 6 heteroatoms. The van der Waals surface area contributed by atoms with Crippen LogP contribution in [-0.4, -0.2) is 24.5 Å². The van der Waals surface area contributed by atoms with Crippen LogP contribution < -0.4 is 0 Å². The second-order valence-corrected chi connectivity index (χ2v) is 7.85. The first-order chi connectivity index (χ1) is 11.6. The predicted octanol–water partition coefficient (Wildman–Crippen LogP) is 3.95. The molecular formula is C18H15F3N2Se. The molecule has 0 aliphatic rings. The fourth-order valence-electron chi connectivity index (χ4n) is 2.41. The van der Waals surface area contributed by atoms with Crippen molar-refractivity contribution in [3.63, 3.8) is 0 Å². The number of nitrogens with zero attached hydrogens (tertiary/aromatic N) is 2. The van der Waals surface area contributed by atoms with Crippen molar-refractivity contribution in [3.8, 4) is 0 Å². The minimum atomic E-state index is -0.588. The maximum atomic E-state index is 14.2. The van der Waals surface area contributed by atoms with E-state index in [0.717, 1.165) is 11.6 Å². The number of imidazole rings is 1. The molecular weight excluding hydrogens is 380 g/mol. The Bertz CT molecular complexity index is 806. The molecule has 1 heterocycles. The predicted molar refractivity (Wildman–Crippen MR) is 87.2 cm³/mol. The summed E-state index contributed by atoms with van der Waals surface area (Å²) in [5.41, 5.74) is 1.37. The van der Waals surface area contributed by atoms with Crippen LogP contribution >= 0.6 is 0 Å². The molecule has 0 fully saturated rings. The van der Waals surface area contributed by atoms with Gasteiger partial charge in [0.1, 0.15) is 0 Å². The van der Waals surface area contributed by atoms with Crippen LogP contribution in [0.5, 0.6) is 0 Å². The van der Waals surface area contributed by atoms with E-state index in [1.807, 2.05) is 16.8 Å². The van der Waals surface area contributed by atoms with E-state index in [4.69, 9.17) is 0 Å². The van der Waals surface area contributed by atoms with Crippen molar-refractivity contribution in [2.45, 2.75) is 16.7 Å². The van der Waals surface area contributed by atoms with E-state index >= 15 is 0 Å². The van der Waals surface area contributed by atoms with Crippen LogP contribution in [0.25, 0.3) is 0 Å². The normalized spacial score (nSPS) is 12.3. The summed E-state index contributed by atoms with van der Waals surface area (Å²) in [4.78, 5) is 3.90. The second-order valence-electron chi connectivity index (χ2n) is 5.35. The molecule has 0 amide bonds. The molecule has 0 saturated carbocycles. The van der Waals surface area contributed by atoms with E-state index in [-0.39, 0.29) is 25.6 Å². The summed E-state index contributed by atoms with van der Waals surface area (Å²) in [6.45, 7) is 0.553. The summed E-state index contributed by atoms with van der Waals surface area (Å²) in [5, 5.41) is 0.668. The molecule has 2 aromatic carbocycles. The Morgan fingerprint density at radius 1 is 1.04 bits per heavy atom. The Kier molecular flexibility index (Phi) is 5.38. The van der Waals surface area contributed by atoms with Gasteiger partial charge in [-0.25, -0.2) is 0 Å². The number of hydrogen-bond acceptors (Lipinski definition) is 1. The first kappa shape index (κ1) is 16.8. The number of halogens is 3. The van der Waals surface area contributed by atoms with Crippen molar-refractivity contribution in [2.24, 2.45) is 0 Å². The molecule has 0 spiro atoms. The van der Waals surface area contributed by atoms with Gasteiger partial charge in [0.25, 0.3) is 0 Å². The van der Waals surface area contributed by atoms with Gasteiger partial charge in [-0.15, -0.1) is 0 Å². The minimum absolute atomic E-state index is 0.0310. The molecule has 1 atom stereocenters. The average Bonchev–Trinajstić information content (AvgIpc) is 3.05. The monoisotopic (exact) mass is 396 g/mol. The van der Waals surface area contributed by atoms with Crippen LogP contribution in [-0.2, 0) is 11.9 Å². The molecule has 2 nitrogen and oxygen atoms in total. The van der Waals surface area contributed by atoms with Crippen molar-refractivity contribution >= 4 is 15.0 Å². The molecule has 0 aliphatic heterocycles. The van der Waals surface area contributed by atoms with Gasteiger partial charge in [0, 0.05) is 0 Å². The molecule has 3 aromatic rings. The van der Waals surface area contributed by atoms with E-state index in [1.165, 1.54) is 24.3 Å². The third-order valence-electron chi connectivity index (χ3n) is 3.59. The van der Waals surface area contributed by atoms with Gasteiger partial charge in [0.05, 0.1) is 0 Å². The maximum absolute atomic E-state index is 14.2. The van der Waals surface area contributed by atoms with Crippen molar-refractivity contribution in [1.29, 1.82) is 0 Å². The number of rotatable bonds is 6. The van der Waals surface area contributed by atoms with E-state index < -0.39 is 11.6 Å². The van der Waals surface area contributed by atoms with Crippen molar-refractivity contribution in [3.05, 3.63) is 89.8 Å². The van der Waals surface area contributed by atoms with Crippen molar-refractivity contribution in [2.75, 3.05) is 0 Å². The van der Waals surface area contributed by atoms with Gasteiger partial charge >= 0.3 is 144 Å². The summed E-state index contributed by atoms with van der Waals surface area (Å²) < 4.78 is 42.6. The molecule has 0 bridgehead atoms. The molecule has 1 unspecified atom stereocenters. The van der Waals surface area contributed by atoms with Crippen LogP contribution in [0.3, 0.4) is 0 Å². The van der Waals surface area contributed by atoms with Gasteiger partial charge in [0.15, 0.2) is 0 Å². The topological polar surface area (TPSA) is 17.8 Å². The van der Waals surface area contributed by atoms with Gasteiger partial charge in [-0.3, -0.25) is 0 Å². The van der Waals surface area contributed by atoms with E-state index in [1.54, 1.807) is 18.6 Å². The Morgan fingerprint density at radius 2 is 1.88 bits per heavy atom. The summed E-state index contributed by atoms with van der Waals surface area (Å²) in [6, 6.07) is 10.1.